The van der Waals surface area contributed by atoms with Crippen LogP contribution in [0.3, 0.4) is 0 Å². The number of likely N-dealkylation sites (tertiary alicyclic amines) is 1. The number of anilines is 1. The Hall–Kier alpha value is -2.77. The average Bonchev–Trinajstić information content (AvgIpc) is 2.91. The molecule has 158 valence electrons. The van der Waals surface area contributed by atoms with Gasteiger partial charge in [0.2, 0.25) is 0 Å². The molecule has 1 fully saturated rings. The van der Waals surface area contributed by atoms with Crippen LogP contribution in [0.4, 0.5) is 10.1 Å². The number of quaternary nitrogens is 1. The molecule has 30 heavy (non-hydrogen) atoms. The normalized spacial score (nSPS) is 17.9. The molecule has 8 heteroatoms. The first-order valence-electron chi connectivity index (χ1n) is 9.84. The zero-order valence-electron chi connectivity index (χ0n) is 16.7. The molecule has 2 N–H and O–H groups in total. The van der Waals surface area contributed by atoms with Crippen LogP contribution < -0.4 is 10.2 Å². The standard InChI is InChI=1S/C22H23ClFN3O3/c1-26(14-20(28)25-18-11-7-16(23)8-12-18)19-4-2-3-13-27(22(19)30)21(29)15-5-9-17(24)10-6-15/h5-12,19H,2-4,13-14H2,1H3,(H,25,28)/p+1/t19-/m1/s1. The Morgan fingerprint density at radius 1 is 1.13 bits per heavy atom. The minimum Gasteiger partial charge on any atom is -0.321 e. The fourth-order valence-electron chi connectivity index (χ4n) is 3.56. The Kier molecular flexibility index (Phi) is 7.18. The molecule has 0 bridgehead atoms. The maximum Gasteiger partial charge on any atom is 0.287 e. The van der Waals surface area contributed by atoms with Gasteiger partial charge in [0.05, 0.1) is 7.05 Å². The van der Waals surface area contributed by atoms with Crippen molar-refractivity contribution in [3.05, 3.63) is 64.9 Å². The average molecular weight is 433 g/mol. The SMILES string of the molecule is C[NH+](CC(=O)Nc1ccc(Cl)cc1)[C@@H]1CCCCN(C(=O)c2ccc(F)cc2)C1=O. The smallest absolute Gasteiger partial charge is 0.287 e. The number of likely N-dealkylation sites (N-methyl/N-ethyl adjacent to an activating group) is 1. The second-order valence-electron chi connectivity index (χ2n) is 7.43. The number of hydrogen-bond acceptors (Lipinski definition) is 3. The van der Waals surface area contributed by atoms with Gasteiger partial charge < -0.3 is 10.2 Å². The topological polar surface area (TPSA) is 70.9 Å². The van der Waals surface area contributed by atoms with Crippen molar-refractivity contribution in [1.82, 2.24) is 4.90 Å². The van der Waals surface area contributed by atoms with E-state index in [1.54, 1.807) is 31.3 Å². The number of hydrogen-bond donors (Lipinski definition) is 2. The van der Waals surface area contributed by atoms with Gasteiger partial charge in [-0.05, 0) is 61.4 Å². The molecule has 1 aliphatic rings. The molecule has 1 saturated heterocycles. The molecule has 0 spiro atoms. The van der Waals surface area contributed by atoms with Gasteiger partial charge in [-0.2, -0.15) is 0 Å². The lowest BCUT2D eigenvalue weighted by Crippen LogP contribution is -3.15. The predicted octanol–water partition coefficient (Wildman–Crippen LogP) is 2.15. The summed E-state index contributed by atoms with van der Waals surface area (Å²) >= 11 is 5.85. The van der Waals surface area contributed by atoms with Crippen LogP contribution in [-0.2, 0) is 9.59 Å². The van der Waals surface area contributed by atoms with Gasteiger partial charge in [-0.15, -0.1) is 0 Å². The number of halogens is 2. The lowest BCUT2D eigenvalue weighted by molar-refractivity contribution is -0.888. The van der Waals surface area contributed by atoms with Crippen LogP contribution in [-0.4, -0.2) is 48.8 Å². The van der Waals surface area contributed by atoms with E-state index < -0.39 is 17.8 Å². The summed E-state index contributed by atoms with van der Waals surface area (Å²) in [5.74, 6) is -1.42. The number of carbonyl (C=O) groups is 3. The van der Waals surface area contributed by atoms with E-state index in [-0.39, 0.29) is 23.9 Å². The Bertz CT molecular complexity index is 918. The zero-order valence-corrected chi connectivity index (χ0v) is 17.4. The first kappa shape index (κ1) is 21.9. The summed E-state index contributed by atoms with van der Waals surface area (Å²) in [6, 6.07) is 11.4. The van der Waals surface area contributed by atoms with Gasteiger partial charge in [0.1, 0.15) is 5.82 Å². The molecule has 2 atom stereocenters. The molecule has 2 aromatic carbocycles. The van der Waals surface area contributed by atoms with Gasteiger partial charge in [-0.1, -0.05) is 11.6 Å². The molecular formula is C22H24ClFN3O3+. The third kappa shape index (κ3) is 5.43. The van der Waals surface area contributed by atoms with Crippen molar-refractivity contribution in [2.75, 3.05) is 25.5 Å². The highest BCUT2D eigenvalue weighted by Gasteiger charge is 2.37. The van der Waals surface area contributed by atoms with Crippen LogP contribution in [0.1, 0.15) is 29.6 Å². The van der Waals surface area contributed by atoms with Crippen molar-refractivity contribution < 1.29 is 23.7 Å². The highest BCUT2D eigenvalue weighted by molar-refractivity contribution is 6.30. The summed E-state index contributed by atoms with van der Waals surface area (Å²) in [7, 11) is 1.77. The zero-order chi connectivity index (χ0) is 21.7. The van der Waals surface area contributed by atoms with E-state index in [0.29, 0.717) is 35.0 Å². The Morgan fingerprint density at radius 3 is 2.47 bits per heavy atom. The second-order valence-corrected chi connectivity index (χ2v) is 7.86. The summed E-state index contributed by atoms with van der Waals surface area (Å²) in [6.45, 7) is 0.396. The summed E-state index contributed by atoms with van der Waals surface area (Å²) in [4.78, 5) is 40.3. The molecule has 0 saturated carbocycles. The lowest BCUT2D eigenvalue weighted by atomic mass is 10.1. The number of nitrogens with one attached hydrogen (secondary N) is 2. The first-order valence-corrected chi connectivity index (χ1v) is 10.2. The quantitative estimate of drug-likeness (QED) is 0.711. The fraction of sp³-hybridized carbons (Fsp3) is 0.318. The minimum atomic E-state index is -0.507. The maximum atomic E-state index is 13.2. The van der Waals surface area contributed by atoms with E-state index in [0.717, 1.165) is 6.42 Å². The molecular weight excluding hydrogens is 409 g/mol. The summed E-state index contributed by atoms with van der Waals surface area (Å²) in [5, 5.41) is 3.36. The molecule has 1 unspecified atom stereocenters. The second kappa shape index (κ2) is 9.82. The van der Waals surface area contributed by atoms with Gasteiger partial charge in [0.25, 0.3) is 17.7 Å². The molecule has 2 aromatic rings. The van der Waals surface area contributed by atoms with Gasteiger partial charge in [0, 0.05) is 29.2 Å². The van der Waals surface area contributed by atoms with Crippen molar-refractivity contribution in [3.8, 4) is 0 Å². The van der Waals surface area contributed by atoms with Gasteiger partial charge in [-0.25, -0.2) is 4.39 Å². The van der Waals surface area contributed by atoms with E-state index in [2.05, 4.69) is 5.32 Å². The molecule has 0 radical (unpaired) electrons. The monoisotopic (exact) mass is 432 g/mol. The maximum absolute atomic E-state index is 13.2. The van der Waals surface area contributed by atoms with Crippen LogP contribution in [0.2, 0.25) is 5.02 Å². The Labute approximate surface area is 179 Å². The molecule has 3 amide bonds. The number of rotatable bonds is 5. The number of benzene rings is 2. The van der Waals surface area contributed by atoms with Crippen molar-refractivity contribution in [3.63, 3.8) is 0 Å². The van der Waals surface area contributed by atoms with Crippen LogP contribution in [0.5, 0.6) is 0 Å². The Balaban J connectivity index is 1.66. The van der Waals surface area contributed by atoms with E-state index in [1.807, 2.05) is 0 Å². The third-order valence-electron chi connectivity index (χ3n) is 5.19. The highest BCUT2D eigenvalue weighted by atomic mass is 35.5. The molecule has 1 heterocycles. The van der Waals surface area contributed by atoms with Crippen LogP contribution in [0.25, 0.3) is 0 Å². The molecule has 0 aromatic heterocycles. The summed E-state index contributed by atoms with van der Waals surface area (Å²) in [5.41, 5.74) is 0.890. The fourth-order valence-corrected chi connectivity index (χ4v) is 3.69. The Morgan fingerprint density at radius 2 is 1.80 bits per heavy atom. The van der Waals surface area contributed by atoms with Gasteiger partial charge >= 0.3 is 0 Å². The van der Waals surface area contributed by atoms with E-state index in [9.17, 15) is 18.8 Å². The molecule has 3 rings (SSSR count). The summed E-state index contributed by atoms with van der Waals surface area (Å²) in [6.07, 6.45) is 2.06. The van der Waals surface area contributed by atoms with Crippen LogP contribution in [0.15, 0.2) is 48.5 Å². The van der Waals surface area contributed by atoms with Crippen LogP contribution in [0, 0.1) is 5.82 Å². The first-order chi connectivity index (χ1) is 14.3. The van der Waals surface area contributed by atoms with Crippen molar-refractivity contribution >= 4 is 35.0 Å². The number of imide groups is 1. The largest absolute Gasteiger partial charge is 0.321 e. The van der Waals surface area contributed by atoms with Gasteiger partial charge in [0.15, 0.2) is 12.6 Å². The predicted molar refractivity (Wildman–Crippen MR) is 112 cm³/mol. The number of amides is 3. The van der Waals surface area contributed by atoms with Crippen molar-refractivity contribution in [1.29, 1.82) is 0 Å². The lowest BCUT2D eigenvalue weighted by Gasteiger charge is -2.26. The molecule has 0 aliphatic carbocycles. The molecule has 1 aliphatic heterocycles. The van der Waals surface area contributed by atoms with E-state index >= 15 is 0 Å². The third-order valence-corrected chi connectivity index (χ3v) is 5.44. The number of nitrogens with zero attached hydrogens (tertiary/aromatic N) is 1. The van der Waals surface area contributed by atoms with Crippen molar-refractivity contribution in [2.24, 2.45) is 0 Å². The molecule has 6 nitrogen and oxygen atoms in total. The minimum absolute atomic E-state index is 0.0810. The van der Waals surface area contributed by atoms with E-state index in [4.69, 9.17) is 11.6 Å². The van der Waals surface area contributed by atoms with E-state index in [1.165, 1.54) is 29.2 Å². The van der Waals surface area contributed by atoms with Crippen LogP contribution >= 0.6 is 11.6 Å². The van der Waals surface area contributed by atoms with Gasteiger partial charge in [-0.3, -0.25) is 19.3 Å². The highest BCUT2D eigenvalue weighted by Crippen LogP contribution is 2.15. The number of carbonyl (C=O) groups excluding carboxylic acids is 3. The summed E-state index contributed by atoms with van der Waals surface area (Å²) < 4.78 is 13.2. The van der Waals surface area contributed by atoms with Crippen molar-refractivity contribution in [2.45, 2.75) is 25.3 Å².